The van der Waals surface area contributed by atoms with E-state index in [1.165, 1.54) is 0 Å². The maximum atomic E-state index is 8.79. The zero-order valence-corrected chi connectivity index (χ0v) is 7.64. The zero-order chi connectivity index (χ0) is 9.68. The van der Waals surface area contributed by atoms with Gasteiger partial charge in [0, 0.05) is 6.54 Å². The summed E-state index contributed by atoms with van der Waals surface area (Å²) in [4.78, 5) is 0. The molecule has 0 aliphatic heterocycles. The van der Waals surface area contributed by atoms with Gasteiger partial charge in [0.2, 0.25) is 0 Å². The van der Waals surface area contributed by atoms with Gasteiger partial charge in [-0.1, -0.05) is 30.3 Å². The SMILES string of the molecule is CC(NCc1ccccc1)C(O)O. The van der Waals surface area contributed by atoms with Gasteiger partial charge >= 0.3 is 0 Å². The molecule has 1 unspecified atom stereocenters. The smallest absolute Gasteiger partial charge is 0.166 e. The van der Waals surface area contributed by atoms with Crippen molar-refractivity contribution in [1.29, 1.82) is 0 Å². The van der Waals surface area contributed by atoms with Crippen LogP contribution in [-0.2, 0) is 6.54 Å². The molecule has 0 bridgehead atoms. The fourth-order valence-electron chi connectivity index (χ4n) is 0.980. The lowest BCUT2D eigenvalue weighted by Crippen LogP contribution is -2.36. The predicted octanol–water partition coefficient (Wildman–Crippen LogP) is 0.475. The van der Waals surface area contributed by atoms with E-state index in [0.717, 1.165) is 5.56 Å². The summed E-state index contributed by atoms with van der Waals surface area (Å²) in [5.41, 5.74) is 1.13. The molecule has 13 heavy (non-hydrogen) atoms. The number of nitrogens with one attached hydrogen (secondary N) is 1. The molecule has 72 valence electrons. The van der Waals surface area contributed by atoms with E-state index in [0.29, 0.717) is 6.54 Å². The molecule has 1 atom stereocenters. The Balaban J connectivity index is 2.35. The third-order valence-electron chi connectivity index (χ3n) is 1.92. The number of rotatable bonds is 4. The summed E-state index contributed by atoms with van der Waals surface area (Å²) in [6.45, 7) is 2.38. The first-order valence-corrected chi connectivity index (χ1v) is 4.33. The van der Waals surface area contributed by atoms with Crippen LogP contribution < -0.4 is 5.32 Å². The molecule has 0 spiro atoms. The highest BCUT2D eigenvalue weighted by Crippen LogP contribution is 1.98. The van der Waals surface area contributed by atoms with Crippen LogP contribution in [0.25, 0.3) is 0 Å². The highest BCUT2D eigenvalue weighted by atomic mass is 16.5. The molecule has 0 aliphatic carbocycles. The molecule has 1 aromatic rings. The second-order valence-corrected chi connectivity index (χ2v) is 3.07. The van der Waals surface area contributed by atoms with Gasteiger partial charge in [-0.2, -0.15) is 0 Å². The van der Waals surface area contributed by atoms with E-state index in [4.69, 9.17) is 10.2 Å². The van der Waals surface area contributed by atoms with Crippen molar-refractivity contribution < 1.29 is 10.2 Å². The fourth-order valence-corrected chi connectivity index (χ4v) is 0.980. The van der Waals surface area contributed by atoms with Crippen LogP contribution in [-0.4, -0.2) is 22.5 Å². The van der Waals surface area contributed by atoms with Crippen LogP contribution in [0, 0.1) is 0 Å². The minimum Gasteiger partial charge on any atom is -0.367 e. The van der Waals surface area contributed by atoms with E-state index in [1.807, 2.05) is 30.3 Å². The van der Waals surface area contributed by atoms with Gasteiger partial charge in [0.1, 0.15) is 0 Å². The number of hydrogen-bond donors (Lipinski definition) is 3. The molecular formula is C10H15NO2. The second-order valence-electron chi connectivity index (χ2n) is 3.07. The van der Waals surface area contributed by atoms with E-state index in [9.17, 15) is 0 Å². The van der Waals surface area contributed by atoms with Crippen molar-refractivity contribution in [2.24, 2.45) is 0 Å². The van der Waals surface area contributed by atoms with E-state index >= 15 is 0 Å². The largest absolute Gasteiger partial charge is 0.367 e. The first-order valence-electron chi connectivity index (χ1n) is 4.33. The molecule has 0 aliphatic rings. The maximum Gasteiger partial charge on any atom is 0.166 e. The Morgan fingerprint density at radius 2 is 1.85 bits per heavy atom. The van der Waals surface area contributed by atoms with Crippen LogP contribution in [0.2, 0.25) is 0 Å². The van der Waals surface area contributed by atoms with Crippen LogP contribution in [0.1, 0.15) is 12.5 Å². The van der Waals surface area contributed by atoms with Gasteiger partial charge in [-0.3, -0.25) is 0 Å². The summed E-state index contributed by atoms with van der Waals surface area (Å²) >= 11 is 0. The van der Waals surface area contributed by atoms with Crippen molar-refractivity contribution in [2.75, 3.05) is 0 Å². The Bertz CT molecular complexity index is 236. The number of hydrogen-bond acceptors (Lipinski definition) is 3. The molecule has 3 nitrogen and oxygen atoms in total. The molecule has 3 heteroatoms. The van der Waals surface area contributed by atoms with E-state index in [2.05, 4.69) is 5.32 Å². The number of benzene rings is 1. The van der Waals surface area contributed by atoms with Gasteiger partial charge in [-0.25, -0.2) is 0 Å². The molecule has 0 saturated heterocycles. The summed E-state index contributed by atoms with van der Waals surface area (Å²) < 4.78 is 0. The highest BCUT2D eigenvalue weighted by Gasteiger charge is 2.08. The van der Waals surface area contributed by atoms with Crippen LogP contribution >= 0.6 is 0 Å². The Hall–Kier alpha value is -0.900. The van der Waals surface area contributed by atoms with Crippen molar-refractivity contribution in [2.45, 2.75) is 25.8 Å². The molecule has 0 radical (unpaired) electrons. The van der Waals surface area contributed by atoms with Gasteiger partial charge in [0.05, 0.1) is 6.04 Å². The summed E-state index contributed by atoms with van der Waals surface area (Å²) in [7, 11) is 0. The standard InChI is InChI=1S/C10H15NO2/c1-8(10(12)13)11-7-9-5-3-2-4-6-9/h2-6,8,10-13H,7H2,1H3. The van der Waals surface area contributed by atoms with Crippen molar-refractivity contribution in [3.8, 4) is 0 Å². The lowest BCUT2D eigenvalue weighted by atomic mass is 10.2. The molecule has 0 saturated carbocycles. The van der Waals surface area contributed by atoms with E-state index in [1.54, 1.807) is 6.92 Å². The van der Waals surface area contributed by atoms with Crippen molar-refractivity contribution in [3.63, 3.8) is 0 Å². The molecule has 0 aromatic heterocycles. The number of aliphatic hydroxyl groups is 2. The summed E-state index contributed by atoms with van der Waals surface area (Å²) in [5.74, 6) is 0. The molecule has 0 amide bonds. The van der Waals surface area contributed by atoms with Crippen molar-refractivity contribution in [1.82, 2.24) is 5.32 Å². The highest BCUT2D eigenvalue weighted by molar-refractivity contribution is 5.14. The fraction of sp³-hybridized carbons (Fsp3) is 0.400. The molecule has 1 rings (SSSR count). The molecular weight excluding hydrogens is 166 g/mol. The predicted molar refractivity (Wildman–Crippen MR) is 51.0 cm³/mol. The lowest BCUT2D eigenvalue weighted by molar-refractivity contribution is -0.0628. The van der Waals surface area contributed by atoms with Crippen LogP contribution in [0.5, 0.6) is 0 Å². The molecule has 0 fully saturated rings. The van der Waals surface area contributed by atoms with E-state index < -0.39 is 6.29 Å². The second kappa shape index (κ2) is 4.97. The van der Waals surface area contributed by atoms with Gasteiger partial charge < -0.3 is 15.5 Å². The summed E-state index contributed by atoms with van der Waals surface area (Å²) in [5, 5.41) is 20.6. The Kier molecular flexibility index (Phi) is 3.89. The van der Waals surface area contributed by atoms with Crippen molar-refractivity contribution >= 4 is 0 Å². The topological polar surface area (TPSA) is 52.5 Å². The summed E-state index contributed by atoms with van der Waals surface area (Å²) in [6.07, 6.45) is -1.30. The van der Waals surface area contributed by atoms with Crippen LogP contribution in [0.15, 0.2) is 30.3 Å². The van der Waals surface area contributed by atoms with Crippen molar-refractivity contribution in [3.05, 3.63) is 35.9 Å². The Morgan fingerprint density at radius 3 is 2.38 bits per heavy atom. The van der Waals surface area contributed by atoms with Crippen LogP contribution in [0.3, 0.4) is 0 Å². The first kappa shape index (κ1) is 10.2. The van der Waals surface area contributed by atoms with Gasteiger partial charge in [0.15, 0.2) is 6.29 Å². The average molecular weight is 181 g/mol. The molecule has 3 N–H and O–H groups in total. The summed E-state index contributed by atoms with van der Waals surface area (Å²) in [6, 6.07) is 9.54. The first-order chi connectivity index (χ1) is 6.20. The Morgan fingerprint density at radius 1 is 1.23 bits per heavy atom. The number of aliphatic hydroxyl groups excluding tert-OH is 1. The van der Waals surface area contributed by atoms with Gasteiger partial charge in [-0.05, 0) is 12.5 Å². The third kappa shape index (κ3) is 3.55. The average Bonchev–Trinajstić information content (AvgIpc) is 2.15. The lowest BCUT2D eigenvalue weighted by Gasteiger charge is -2.15. The van der Waals surface area contributed by atoms with Gasteiger partial charge in [0.25, 0.3) is 0 Å². The normalized spacial score (nSPS) is 13.2. The minimum absolute atomic E-state index is 0.305. The van der Waals surface area contributed by atoms with E-state index in [-0.39, 0.29) is 6.04 Å². The quantitative estimate of drug-likeness (QED) is 0.592. The van der Waals surface area contributed by atoms with Crippen LogP contribution in [0.4, 0.5) is 0 Å². The maximum absolute atomic E-state index is 8.79. The molecule has 0 heterocycles. The monoisotopic (exact) mass is 181 g/mol. The third-order valence-corrected chi connectivity index (χ3v) is 1.92. The van der Waals surface area contributed by atoms with Gasteiger partial charge in [-0.15, -0.1) is 0 Å². The Labute approximate surface area is 78.0 Å². The molecule has 1 aromatic carbocycles. The zero-order valence-electron chi connectivity index (χ0n) is 7.64. The minimum atomic E-state index is -1.30.